The van der Waals surface area contributed by atoms with Crippen LogP contribution in [0, 0.1) is 0 Å². The summed E-state index contributed by atoms with van der Waals surface area (Å²) in [6.45, 7) is 1.82. The third kappa shape index (κ3) is 4.79. The van der Waals surface area contributed by atoms with Crippen LogP contribution in [0.25, 0.3) is 10.9 Å². The number of hydrogen-bond acceptors (Lipinski definition) is 5. The lowest BCUT2D eigenvalue weighted by molar-refractivity contribution is 0.0938. The number of aromatic amines is 1. The van der Waals surface area contributed by atoms with Gasteiger partial charge in [-0.25, -0.2) is 8.42 Å². The van der Waals surface area contributed by atoms with Gasteiger partial charge in [-0.3, -0.25) is 14.3 Å². The molecule has 0 unspecified atom stereocenters. The van der Waals surface area contributed by atoms with Gasteiger partial charge in [0.2, 0.25) is 5.43 Å². The van der Waals surface area contributed by atoms with Gasteiger partial charge < -0.3 is 15.0 Å². The molecule has 0 saturated carbocycles. The van der Waals surface area contributed by atoms with Crippen LogP contribution in [0.15, 0.2) is 88.7 Å². The van der Waals surface area contributed by atoms with E-state index in [1.54, 1.807) is 24.3 Å². The van der Waals surface area contributed by atoms with E-state index >= 15 is 0 Å². The fraction of sp³-hybridized carbons (Fsp3) is 0.120. The molecule has 0 fully saturated rings. The van der Waals surface area contributed by atoms with Gasteiger partial charge >= 0.3 is 0 Å². The van der Waals surface area contributed by atoms with E-state index in [-0.39, 0.29) is 21.9 Å². The molecular weight excluding hydrogens is 454 g/mol. The van der Waals surface area contributed by atoms with Crippen LogP contribution >= 0.6 is 0 Å². The number of carbonyl (C=O) groups is 1. The minimum atomic E-state index is -3.99. The highest BCUT2D eigenvalue weighted by Crippen LogP contribution is 2.22. The molecule has 0 aliphatic heterocycles. The summed E-state index contributed by atoms with van der Waals surface area (Å²) in [6.07, 6.45) is 1.33. The van der Waals surface area contributed by atoms with Crippen LogP contribution in [0.3, 0.4) is 0 Å². The normalized spacial score (nSPS) is 12.2. The first-order chi connectivity index (χ1) is 16.3. The number of pyridine rings is 1. The van der Waals surface area contributed by atoms with E-state index in [1.165, 1.54) is 31.5 Å². The first-order valence-electron chi connectivity index (χ1n) is 10.5. The Balaban J connectivity index is 1.65. The molecule has 1 aromatic heterocycles. The summed E-state index contributed by atoms with van der Waals surface area (Å²) in [5, 5.41) is 2.90. The van der Waals surface area contributed by atoms with Crippen molar-refractivity contribution in [1.82, 2.24) is 10.3 Å². The van der Waals surface area contributed by atoms with Gasteiger partial charge in [0.15, 0.2) is 0 Å². The van der Waals surface area contributed by atoms with Crippen molar-refractivity contribution in [1.29, 1.82) is 0 Å². The molecule has 0 aliphatic rings. The highest BCUT2D eigenvalue weighted by atomic mass is 32.2. The van der Waals surface area contributed by atoms with Crippen LogP contribution in [-0.2, 0) is 10.0 Å². The van der Waals surface area contributed by atoms with Gasteiger partial charge in [0.25, 0.3) is 15.9 Å². The maximum Gasteiger partial charge on any atom is 0.261 e. The molecule has 0 saturated heterocycles. The van der Waals surface area contributed by atoms with Crippen LogP contribution in [0.5, 0.6) is 5.75 Å². The number of carbonyl (C=O) groups excluding carboxylic acids is 1. The average molecular weight is 478 g/mol. The monoisotopic (exact) mass is 477 g/mol. The van der Waals surface area contributed by atoms with E-state index in [9.17, 15) is 18.0 Å². The van der Waals surface area contributed by atoms with Gasteiger partial charge in [0.1, 0.15) is 11.3 Å². The topological polar surface area (TPSA) is 117 Å². The number of amides is 1. The summed E-state index contributed by atoms with van der Waals surface area (Å²) in [7, 11) is -2.51. The van der Waals surface area contributed by atoms with Gasteiger partial charge in [-0.15, -0.1) is 0 Å². The Morgan fingerprint density at radius 1 is 1.00 bits per heavy atom. The minimum Gasteiger partial charge on any atom is -0.497 e. The number of aromatic nitrogens is 1. The molecule has 8 nitrogen and oxygen atoms in total. The Morgan fingerprint density at radius 2 is 1.76 bits per heavy atom. The van der Waals surface area contributed by atoms with Gasteiger partial charge in [0, 0.05) is 23.2 Å². The summed E-state index contributed by atoms with van der Waals surface area (Å²) in [6, 6.07) is 19.7. The number of methoxy groups -OCH3 is 1. The van der Waals surface area contributed by atoms with E-state index in [0.717, 1.165) is 5.56 Å². The van der Waals surface area contributed by atoms with E-state index in [0.29, 0.717) is 17.0 Å². The molecule has 4 rings (SSSR count). The molecule has 1 amide bonds. The first kappa shape index (κ1) is 23.1. The number of rotatable bonds is 7. The highest BCUT2D eigenvalue weighted by molar-refractivity contribution is 7.92. The Bertz CT molecular complexity index is 1510. The third-order valence-electron chi connectivity index (χ3n) is 5.38. The van der Waals surface area contributed by atoms with Gasteiger partial charge in [-0.1, -0.05) is 36.4 Å². The van der Waals surface area contributed by atoms with Crippen molar-refractivity contribution in [3.8, 4) is 5.75 Å². The minimum absolute atomic E-state index is 0.0912. The molecular formula is C25H23N3O5S. The molecule has 3 aromatic carbocycles. The molecule has 1 heterocycles. The lowest BCUT2D eigenvalue weighted by atomic mass is 10.1. The third-order valence-corrected chi connectivity index (χ3v) is 6.76. The molecule has 34 heavy (non-hydrogen) atoms. The van der Waals surface area contributed by atoms with Crippen molar-refractivity contribution in [3.05, 3.63) is 100 Å². The quantitative estimate of drug-likeness (QED) is 0.374. The Kier molecular flexibility index (Phi) is 6.38. The number of anilines is 1. The predicted molar refractivity (Wildman–Crippen MR) is 131 cm³/mol. The lowest BCUT2D eigenvalue weighted by Crippen LogP contribution is -2.31. The molecule has 0 spiro atoms. The standard InChI is InChI=1S/C25H23N3O5S/c1-16(17-7-4-3-5-8-17)27-25(30)22-15-26-23-12-11-20(14-21(23)24(22)29)34(31,32)28-18-9-6-10-19(13-18)33-2/h3-16,28H,1-2H3,(H,26,29)(H,27,30)/t16-/m1/s1. The van der Waals surface area contributed by atoms with Crippen LogP contribution in [-0.4, -0.2) is 26.4 Å². The van der Waals surface area contributed by atoms with E-state index in [1.807, 2.05) is 37.3 Å². The fourth-order valence-corrected chi connectivity index (χ4v) is 4.61. The van der Waals surface area contributed by atoms with Gasteiger partial charge in [-0.2, -0.15) is 0 Å². The zero-order chi connectivity index (χ0) is 24.3. The molecule has 1 atom stereocenters. The maximum absolute atomic E-state index is 13.1. The van der Waals surface area contributed by atoms with Crippen molar-refractivity contribution in [3.63, 3.8) is 0 Å². The summed E-state index contributed by atoms with van der Waals surface area (Å²) in [5.74, 6) is -0.0576. The number of nitrogens with one attached hydrogen (secondary N) is 3. The van der Waals surface area contributed by atoms with Gasteiger partial charge in [-0.05, 0) is 42.8 Å². The van der Waals surface area contributed by atoms with Crippen LogP contribution in [0.4, 0.5) is 5.69 Å². The summed E-state index contributed by atoms with van der Waals surface area (Å²) >= 11 is 0. The van der Waals surface area contributed by atoms with Crippen molar-refractivity contribution >= 4 is 32.5 Å². The number of hydrogen-bond donors (Lipinski definition) is 3. The molecule has 0 radical (unpaired) electrons. The summed E-state index contributed by atoms with van der Waals surface area (Å²) in [4.78, 5) is 28.7. The summed E-state index contributed by atoms with van der Waals surface area (Å²) in [5.41, 5.74) is 0.954. The summed E-state index contributed by atoms with van der Waals surface area (Å²) < 4.78 is 33.5. The second-order valence-electron chi connectivity index (χ2n) is 7.68. The van der Waals surface area contributed by atoms with Crippen LogP contribution < -0.4 is 20.2 Å². The number of sulfonamides is 1. The van der Waals surface area contributed by atoms with Crippen molar-refractivity contribution in [2.75, 3.05) is 11.8 Å². The second kappa shape index (κ2) is 9.40. The maximum atomic E-state index is 13.1. The first-order valence-corrected chi connectivity index (χ1v) is 11.9. The second-order valence-corrected chi connectivity index (χ2v) is 9.36. The molecule has 174 valence electrons. The largest absolute Gasteiger partial charge is 0.497 e. The molecule has 0 bridgehead atoms. The van der Waals surface area contributed by atoms with Crippen LogP contribution in [0.1, 0.15) is 28.9 Å². The van der Waals surface area contributed by atoms with E-state index < -0.39 is 21.4 Å². The lowest BCUT2D eigenvalue weighted by Gasteiger charge is -2.14. The molecule has 3 N–H and O–H groups in total. The smallest absolute Gasteiger partial charge is 0.261 e. The molecule has 4 aromatic rings. The number of H-pyrrole nitrogens is 1. The van der Waals surface area contributed by atoms with E-state index in [4.69, 9.17) is 4.74 Å². The van der Waals surface area contributed by atoms with Crippen LogP contribution in [0.2, 0.25) is 0 Å². The number of ether oxygens (including phenoxy) is 1. The van der Waals surface area contributed by atoms with Crippen molar-refractivity contribution in [2.45, 2.75) is 17.9 Å². The van der Waals surface area contributed by atoms with E-state index in [2.05, 4.69) is 15.0 Å². The Morgan fingerprint density at radius 3 is 2.50 bits per heavy atom. The van der Waals surface area contributed by atoms with Crippen molar-refractivity contribution < 1.29 is 17.9 Å². The SMILES string of the molecule is COc1cccc(NS(=O)(=O)c2ccc3[nH]cc(C(=O)N[C@H](C)c4ccccc4)c(=O)c3c2)c1. The van der Waals surface area contributed by atoms with Crippen molar-refractivity contribution in [2.24, 2.45) is 0 Å². The predicted octanol–water partition coefficient (Wildman–Crippen LogP) is 3.83. The Labute approximate surface area is 196 Å². The zero-order valence-electron chi connectivity index (χ0n) is 18.5. The highest BCUT2D eigenvalue weighted by Gasteiger charge is 2.19. The zero-order valence-corrected chi connectivity index (χ0v) is 19.3. The molecule has 0 aliphatic carbocycles. The van der Waals surface area contributed by atoms with Gasteiger partial charge in [0.05, 0.1) is 23.7 Å². The Hall–Kier alpha value is -4.11. The number of benzene rings is 3. The average Bonchev–Trinajstić information content (AvgIpc) is 2.84. The molecule has 9 heteroatoms. The fourth-order valence-electron chi connectivity index (χ4n) is 3.53. The number of fused-ring (bicyclic) bond motifs is 1.